The molecule has 152 valence electrons. The highest BCUT2D eigenvalue weighted by Crippen LogP contribution is 2.28. The molecule has 0 saturated carbocycles. The summed E-state index contributed by atoms with van der Waals surface area (Å²) in [6, 6.07) is 21.9. The van der Waals surface area contributed by atoms with E-state index in [1.807, 2.05) is 0 Å². The molecule has 0 unspecified atom stereocenters. The topological polar surface area (TPSA) is 16.1 Å². The van der Waals surface area contributed by atoms with Crippen LogP contribution in [0.5, 0.6) is 0 Å². The van der Waals surface area contributed by atoms with E-state index in [0.717, 1.165) is 50.3 Å². The molecule has 0 N–H and O–H groups in total. The minimum absolute atomic E-state index is 0.942. The number of pyridine rings is 1. The first-order chi connectivity index (χ1) is 14.2. The number of hydrogen-bond acceptors (Lipinski definition) is 2. The Morgan fingerprint density at radius 2 is 1.41 bits per heavy atom. The first-order valence-electron chi connectivity index (χ1n) is 11.0. The third-order valence-electron chi connectivity index (χ3n) is 5.63. The summed E-state index contributed by atoms with van der Waals surface area (Å²) in [5.74, 6) is 0. The van der Waals surface area contributed by atoms with Crippen molar-refractivity contribution in [3.05, 3.63) is 88.6 Å². The monoisotopic (exact) mass is 386 g/mol. The molecule has 3 rings (SSSR count). The normalized spacial score (nSPS) is 11.2. The molecule has 0 amide bonds. The van der Waals surface area contributed by atoms with Crippen LogP contribution in [0.25, 0.3) is 11.3 Å². The predicted octanol–water partition coefficient (Wildman–Crippen LogP) is 6.59. The average molecular weight is 387 g/mol. The molecule has 0 fully saturated rings. The lowest BCUT2D eigenvalue weighted by atomic mass is 9.94. The minimum atomic E-state index is 0.942. The van der Waals surface area contributed by atoms with Gasteiger partial charge < -0.3 is 0 Å². The van der Waals surface area contributed by atoms with Crippen molar-refractivity contribution in [2.75, 3.05) is 6.54 Å². The van der Waals surface area contributed by atoms with E-state index in [2.05, 4.69) is 93.3 Å². The van der Waals surface area contributed by atoms with Crippen molar-refractivity contribution in [2.24, 2.45) is 0 Å². The molecule has 1 heterocycles. The lowest BCUT2D eigenvalue weighted by Crippen LogP contribution is -2.24. The summed E-state index contributed by atoms with van der Waals surface area (Å²) in [7, 11) is 0. The maximum atomic E-state index is 5.05. The fourth-order valence-corrected chi connectivity index (χ4v) is 4.08. The third-order valence-corrected chi connectivity index (χ3v) is 5.63. The first kappa shape index (κ1) is 21.3. The summed E-state index contributed by atoms with van der Waals surface area (Å²) in [5, 5.41) is 0. The Labute approximate surface area is 176 Å². The van der Waals surface area contributed by atoms with E-state index in [9.17, 15) is 0 Å². The van der Waals surface area contributed by atoms with E-state index < -0.39 is 0 Å². The molecule has 0 saturated heterocycles. The second kappa shape index (κ2) is 10.4. The third kappa shape index (κ3) is 5.33. The van der Waals surface area contributed by atoms with Crippen LogP contribution in [0.4, 0.5) is 0 Å². The summed E-state index contributed by atoms with van der Waals surface area (Å²) in [5.41, 5.74) is 9.07. The van der Waals surface area contributed by atoms with Gasteiger partial charge in [-0.05, 0) is 61.1 Å². The summed E-state index contributed by atoms with van der Waals surface area (Å²) in [4.78, 5) is 7.58. The molecule has 0 radical (unpaired) electrons. The van der Waals surface area contributed by atoms with E-state index in [0.29, 0.717) is 0 Å². The van der Waals surface area contributed by atoms with Crippen LogP contribution in [0.3, 0.4) is 0 Å². The maximum absolute atomic E-state index is 5.05. The zero-order valence-corrected chi connectivity index (χ0v) is 18.4. The number of aryl methyl sites for hydroxylation is 3. The first-order valence-corrected chi connectivity index (χ1v) is 11.0. The molecule has 0 atom stereocenters. The van der Waals surface area contributed by atoms with E-state index in [-0.39, 0.29) is 0 Å². The highest BCUT2D eigenvalue weighted by Gasteiger charge is 2.13. The van der Waals surface area contributed by atoms with Crippen molar-refractivity contribution in [3.63, 3.8) is 0 Å². The molecule has 29 heavy (non-hydrogen) atoms. The van der Waals surface area contributed by atoms with Gasteiger partial charge in [-0.1, -0.05) is 75.4 Å². The molecule has 1 aromatic heterocycles. The van der Waals surface area contributed by atoms with Crippen LogP contribution in [0, 0.1) is 6.92 Å². The zero-order chi connectivity index (χ0) is 20.6. The Hall–Kier alpha value is -2.45. The quantitative estimate of drug-likeness (QED) is 0.412. The molecular weight excluding hydrogens is 352 g/mol. The van der Waals surface area contributed by atoms with Crippen LogP contribution in [0.1, 0.15) is 55.1 Å². The smallest absolute Gasteiger partial charge is 0.0710 e. The number of rotatable bonds is 9. The van der Waals surface area contributed by atoms with Gasteiger partial charge in [-0.15, -0.1) is 0 Å². The summed E-state index contributed by atoms with van der Waals surface area (Å²) in [6.07, 6.45) is 3.22. The highest BCUT2D eigenvalue weighted by molar-refractivity contribution is 5.68. The van der Waals surface area contributed by atoms with Crippen molar-refractivity contribution >= 4 is 0 Å². The Kier molecular flexibility index (Phi) is 7.60. The predicted molar refractivity (Wildman–Crippen MR) is 124 cm³/mol. The molecule has 0 aliphatic carbocycles. The number of hydrogen-bond donors (Lipinski definition) is 0. The lowest BCUT2D eigenvalue weighted by molar-refractivity contribution is 0.256. The molecule has 0 aliphatic heterocycles. The second-order valence-electron chi connectivity index (χ2n) is 7.80. The number of nitrogens with zero attached hydrogens (tertiary/aromatic N) is 2. The molecule has 2 aromatic carbocycles. The fourth-order valence-electron chi connectivity index (χ4n) is 4.08. The van der Waals surface area contributed by atoms with Crippen molar-refractivity contribution in [3.8, 4) is 11.3 Å². The van der Waals surface area contributed by atoms with Crippen molar-refractivity contribution < 1.29 is 0 Å². The molecule has 3 aromatic rings. The molecule has 0 spiro atoms. The van der Waals surface area contributed by atoms with Gasteiger partial charge in [0.05, 0.1) is 5.69 Å². The highest BCUT2D eigenvalue weighted by atomic mass is 15.1. The van der Waals surface area contributed by atoms with E-state index in [1.54, 1.807) is 0 Å². The SMILES string of the molecule is CCCN(Cc1ccccc1)Cc1ccc(-c2c(CC)cccc2CC)nc1C. The van der Waals surface area contributed by atoms with Gasteiger partial charge in [-0.2, -0.15) is 0 Å². The van der Waals surface area contributed by atoms with E-state index in [4.69, 9.17) is 4.98 Å². The zero-order valence-electron chi connectivity index (χ0n) is 18.4. The van der Waals surface area contributed by atoms with Gasteiger partial charge in [-0.25, -0.2) is 0 Å². The van der Waals surface area contributed by atoms with Crippen molar-refractivity contribution in [2.45, 2.75) is 60.0 Å². The molecule has 2 heteroatoms. The Morgan fingerprint density at radius 3 is 2.00 bits per heavy atom. The van der Waals surface area contributed by atoms with Gasteiger partial charge in [-0.3, -0.25) is 9.88 Å². The lowest BCUT2D eigenvalue weighted by Gasteiger charge is -2.23. The Morgan fingerprint density at radius 1 is 0.724 bits per heavy atom. The van der Waals surface area contributed by atoms with Crippen LogP contribution < -0.4 is 0 Å². The Balaban J connectivity index is 1.86. The maximum Gasteiger partial charge on any atom is 0.0710 e. The van der Waals surface area contributed by atoms with Crippen LogP contribution in [-0.4, -0.2) is 16.4 Å². The molecular formula is C27H34N2. The summed E-state index contributed by atoms with van der Waals surface area (Å²) in [6.45, 7) is 11.9. The van der Waals surface area contributed by atoms with Crippen molar-refractivity contribution in [1.82, 2.24) is 9.88 Å². The van der Waals surface area contributed by atoms with Gasteiger partial charge in [0.1, 0.15) is 0 Å². The van der Waals surface area contributed by atoms with Crippen LogP contribution >= 0.6 is 0 Å². The van der Waals surface area contributed by atoms with Crippen LogP contribution in [-0.2, 0) is 25.9 Å². The van der Waals surface area contributed by atoms with E-state index in [1.165, 1.54) is 27.8 Å². The number of aromatic nitrogens is 1. The summed E-state index contributed by atoms with van der Waals surface area (Å²) >= 11 is 0. The average Bonchev–Trinajstić information content (AvgIpc) is 2.75. The Bertz CT molecular complexity index is 893. The largest absolute Gasteiger partial charge is 0.295 e. The molecule has 0 bridgehead atoms. The second-order valence-corrected chi connectivity index (χ2v) is 7.80. The minimum Gasteiger partial charge on any atom is -0.295 e. The van der Waals surface area contributed by atoms with Gasteiger partial charge in [0, 0.05) is 24.3 Å². The van der Waals surface area contributed by atoms with Crippen LogP contribution in [0.15, 0.2) is 60.7 Å². The van der Waals surface area contributed by atoms with Gasteiger partial charge in [0.25, 0.3) is 0 Å². The van der Waals surface area contributed by atoms with E-state index >= 15 is 0 Å². The number of benzene rings is 2. The van der Waals surface area contributed by atoms with Gasteiger partial charge in [0.2, 0.25) is 0 Å². The molecule has 2 nitrogen and oxygen atoms in total. The van der Waals surface area contributed by atoms with Gasteiger partial charge in [0.15, 0.2) is 0 Å². The molecule has 0 aliphatic rings. The van der Waals surface area contributed by atoms with Crippen molar-refractivity contribution in [1.29, 1.82) is 0 Å². The standard InChI is InChI=1S/C27H34N2/c1-5-18-29(19-22-12-9-8-10-13-22)20-25-16-17-26(28-21(25)4)27-23(6-2)14-11-15-24(27)7-3/h8-17H,5-7,18-20H2,1-4H3. The van der Waals surface area contributed by atoms with Crippen LogP contribution in [0.2, 0.25) is 0 Å². The van der Waals surface area contributed by atoms with Gasteiger partial charge >= 0.3 is 0 Å². The fraction of sp³-hybridized carbons (Fsp3) is 0.370. The summed E-state index contributed by atoms with van der Waals surface area (Å²) < 4.78 is 0.